The van der Waals surface area contributed by atoms with Gasteiger partial charge in [-0.1, -0.05) is 41.1 Å². The van der Waals surface area contributed by atoms with Gasteiger partial charge >= 0.3 is 6.03 Å². The molecule has 1 aliphatic heterocycles. The van der Waals surface area contributed by atoms with Gasteiger partial charge in [-0.05, 0) is 49.7 Å². The van der Waals surface area contributed by atoms with E-state index >= 15 is 0 Å². The third-order valence-electron chi connectivity index (χ3n) is 5.62. The lowest BCUT2D eigenvalue weighted by Crippen LogP contribution is -2.40. The van der Waals surface area contributed by atoms with Crippen LogP contribution in [0.15, 0.2) is 71.9 Å². The molecule has 1 unspecified atom stereocenters. The SMILES string of the molecule is CCOc1ccc(NC(=O)N(Cc2ccc(F)cc2F)CC2CC(c3ccc(C)cc3)=NO2)cc1. The normalized spacial score (nSPS) is 14.7. The molecule has 0 spiro atoms. The number of aryl methyl sites for hydroxylation is 1. The lowest BCUT2D eigenvalue weighted by molar-refractivity contribution is 0.0606. The third kappa shape index (κ3) is 6.35. The molecule has 6 nitrogen and oxygen atoms in total. The van der Waals surface area contributed by atoms with Gasteiger partial charge in [0, 0.05) is 23.7 Å². The molecular formula is C27H27F2N3O3. The van der Waals surface area contributed by atoms with E-state index in [0.29, 0.717) is 24.5 Å². The Balaban J connectivity index is 1.47. The van der Waals surface area contributed by atoms with Gasteiger partial charge in [-0.25, -0.2) is 13.6 Å². The van der Waals surface area contributed by atoms with E-state index in [9.17, 15) is 13.6 Å². The standard InChI is InChI=1S/C27H27F2N3O3/c1-3-34-23-12-10-22(11-13-23)30-27(33)32(16-20-8-9-21(28)14-25(20)29)17-24-15-26(31-35-24)19-6-4-18(2)5-7-19/h4-14,24H,3,15-17H2,1-2H3,(H,30,33). The average molecular weight is 480 g/mol. The number of urea groups is 1. The Morgan fingerprint density at radius 3 is 2.54 bits per heavy atom. The van der Waals surface area contributed by atoms with Gasteiger partial charge in [0.2, 0.25) is 0 Å². The number of benzene rings is 3. The van der Waals surface area contributed by atoms with E-state index in [1.165, 1.54) is 17.0 Å². The number of ether oxygens (including phenoxy) is 1. The molecule has 4 rings (SSSR count). The summed E-state index contributed by atoms with van der Waals surface area (Å²) in [5.41, 5.74) is 3.64. The highest BCUT2D eigenvalue weighted by atomic mass is 19.1. The number of nitrogens with zero attached hydrogens (tertiary/aromatic N) is 2. The largest absolute Gasteiger partial charge is 0.494 e. The zero-order valence-corrected chi connectivity index (χ0v) is 19.6. The molecule has 35 heavy (non-hydrogen) atoms. The van der Waals surface area contributed by atoms with Gasteiger partial charge in [0.15, 0.2) is 6.10 Å². The lowest BCUT2D eigenvalue weighted by Gasteiger charge is -2.25. The zero-order valence-electron chi connectivity index (χ0n) is 19.6. The maximum absolute atomic E-state index is 14.4. The molecule has 0 radical (unpaired) electrons. The van der Waals surface area contributed by atoms with Crippen molar-refractivity contribution in [2.75, 3.05) is 18.5 Å². The van der Waals surface area contributed by atoms with Gasteiger partial charge in [0.25, 0.3) is 0 Å². The first-order chi connectivity index (χ1) is 16.9. The van der Waals surface area contributed by atoms with E-state index in [2.05, 4.69) is 10.5 Å². The number of halogens is 2. The summed E-state index contributed by atoms with van der Waals surface area (Å²) >= 11 is 0. The summed E-state index contributed by atoms with van der Waals surface area (Å²) in [6.45, 7) is 4.54. The Kier molecular flexibility index (Phi) is 7.60. The number of carbonyl (C=O) groups is 1. The molecular weight excluding hydrogens is 452 g/mol. The summed E-state index contributed by atoms with van der Waals surface area (Å²) in [5, 5.41) is 7.02. The number of carbonyl (C=O) groups excluding carboxylic acids is 1. The minimum Gasteiger partial charge on any atom is -0.494 e. The summed E-state index contributed by atoms with van der Waals surface area (Å²) in [6.07, 6.45) is 0.0998. The number of hydrogen-bond donors (Lipinski definition) is 1. The van der Waals surface area contributed by atoms with E-state index in [0.717, 1.165) is 22.9 Å². The smallest absolute Gasteiger partial charge is 0.322 e. The van der Waals surface area contributed by atoms with Gasteiger partial charge in [0.05, 0.1) is 25.4 Å². The minimum atomic E-state index is -0.715. The number of amides is 2. The molecule has 3 aromatic rings. The van der Waals surface area contributed by atoms with Crippen LogP contribution in [0.3, 0.4) is 0 Å². The highest BCUT2D eigenvalue weighted by molar-refractivity contribution is 6.01. The molecule has 0 saturated heterocycles. The molecule has 1 atom stereocenters. The van der Waals surface area contributed by atoms with Crippen molar-refractivity contribution in [3.05, 3.63) is 95.1 Å². The maximum atomic E-state index is 14.4. The van der Waals surface area contributed by atoms with Crippen LogP contribution in [0.4, 0.5) is 19.3 Å². The van der Waals surface area contributed by atoms with E-state index in [1.54, 1.807) is 24.3 Å². The van der Waals surface area contributed by atoms with Crippen molar-refractivity contribution in [2.24, 2.45) is 5.16 Å². The molecule has 2 amide bonds. The second-order valence-electron chi connectivity index (χ2n) is 8.34. The second kappa shape index (κ2) is 11.0. The molecule has 3 aromatic carbocycles. The fourth-order valence-electron chi connectivity index (χ4n) is 3.77. The molecule has 1 N–H and O–H groups in total. The predicted molar refractivity (Wildman–Crippen MR) is 131 cm³/mol. The van der Waals surface area contributed by atoms with Crippen LogP contribution in [0.5, 0.6) is 5.75 Å². The van der Waals surface area contributed by atoms with Gasteiger partial charge in [-0.15, -0.1) is 0 Å². The van der Waals surface area contributed by atoms with Crippen LogP contribution in [0.2, 0.25) is 0 Å². The molecule has 0 bridgehead atoms. The first-order valence-corrected chi connectivity index (χ1v) is 11.4. The summed E-state index contributed by atoms with van der Waals surface area (Å²) in [4.78, 5) is 20.2. The predicted octanol–water partition coefficient (Wildman–Crippen LogP) is 5.90. The van der Waals surface area contributed by atoms with Gasteiger partial charge < -0.3 is 19.8 Å². The van der Waals surface area contributed by atoms with E-state index in [4.69, 9.17) is 9.57 Å². The molecule has 0 aliphatic carbocycles. The van der Waals surface area contributed by atoms with E-state index in [-0.39, 0.29) is 18.7 Å². The van der Waals surface area contributed by atoms with Crippen LogP contribution in [0.25, 0.3) is 0 Å². The number of nitrogens with one attached hydrogen (secondary N) is 1. The zero-order chi connectivity index (χ0) is 24.8. The van der Waals surface area contributed by atoms with Gasteiger partial charge in [-0.3, -0.25) is 0 Å². The van der Waals surface area contributed by atoms with Crippen molar-refractivity contribution >= 4 is 17.4 Å². The molecule has 0 aromatic heterocycles. The van der Waals surface area contributed by atoms with Crippen molar-refractivity contribution < 1.29 is 23.1 Å². The van der Waals surface area contributed by atoms with Crippen molar-refractivity contribution in [2.45, 2.75) is 32.9 Å². The summed E-state index contributed by atoms with van der Waals surface area (Å²) in [7, 11) is 0. The van der Waals surface area contributed by atoms with Gasteiger partial charge in [0.1, 0.15) is 17.4 Å². The number of oxime groups is 1. The number of rotatable bonds is 8. The average Bonchev–Trinajstić information content (AvgIpc) is 3.30. The van der Waals surface area contributed by atoms with Crippen molar-refractivity contribution in [1.82, 2.24) is 4.90 Å². The minimum absolute atomic E-state index is 0.0608. The first-order valence-electron chi connectivity index (χ1n) is 11.4. The van der Waals surface area contributed by atoms with E-state index < -0.39 is 23.8 Å². The van der Waals surface area contributed by atoms with Crippen LogP contribution >= 0.6 is 0 Å². The van der Waals surface area contributed by atoms with Crippen molar-refractivity contribution in [3.63, 3.8) is 0 Å². The Morgan fingerprint density at radius 1 is 1.11 bits per heavy atom. The van der Waals surface area contributed by atoms with Crippen LogP contribution in [-0.2, 0) is 11.4 Å². The summed E-state index contributed by atoms with van der Waals surface area (Å²) in [6, 6.07) is 17.8. The molecule has 0 saturated carbocycles. The monoisotopic (exact) mass is 479 g/mol. The Labute approximate surface area is 203 Å². The molecule has 1 heterocycles. The maximum Gasteiger partial charge on any atom is 0.322 e. The Hall–Kier alpha value is -3.94. The van der Waals surface area contributed by atoms with Crippen LogP contribution in [0.1, 0.15) is 30.0 Å². The van der Waals surface area contributed by atoms with Crippen LogP contribution < -0.4 is 10.1 Å². The Morgan fingerprint density at radius 2 is 1.86 bits per heavy atom. The highest BCUT2D eigenvalue weighted by Crippen LogP contribution is 2.21. The molecule has 0 fully saturated rings. The topological polar surface area (TPSA) is 63.2 Å². The van der Waals surface area contributed by atoms with Crippen molar-refractivity contribution in [3.8, 4) is 5.75 Å². The fourth-order valence-corrected chi connectivity index (χ4v) is 3.77. The number of anilines is 1. The fraction of sp³-hybridized carbons (Fsp3) is 0.259. The summed E-state index contributed by atoms with van der Waals surface area (Å²) in [5.74, 6) is -0.699. The number of hydrogen-bond acceptors (Lipinski definition) is 4. The summed E-state index contributed by atoms with van der Waals surface area (Å²) < 4.78 is 33.2. The van der Waals surface area contributed by atoms with E-state index in [1.807, 2.05) is 38.1 Å². The Bertz CT molecular complexity index is 1200. The first kappa shape index (κ1) is 24.2. The third-order valence-corrected chi connectivity index (χ3v) is 5.62. The highest BCUT2D eigenvalue weighted by Gasteiger charge is 2.27. The molecule has 1 aliphatic rings. The molecule has 182 valence electrons. The quantitative estimate of drug-likeness (QED) is 0.438. The second-order valence-corrected chi connectivity index (χ2v) is 8.34. The van der Waals surface area contributed by atoms with Crippen LogP contribution in [-0.4, -0.2) is 35.9 Å². The van der Waals surface area contributed by atoms with Crippen molar-refractivity contribution in [1.29, 1.82) is 0 Å². The van der Waals surface area contributed by atoms with Crippen LogP contribution in [0, 0.1) is 18.6 Å². The lowest BCUT2D eigenvalue weighted by atomic mass is 10.0. The molecule has 8 heteroatoms. The van der Waals surface area contributed by atoms with Gasteiger partial charge in [-0.2, -0.15) is 0 Å².